The van der Waals surface area contributed by atoms with Gasteiger partial charge in [-0.3, -0.25) is 0 Å². The van der Waals surface area contributed by atoms with E-state index in [0.29, 0.717) is 0 Å². The van der Waals surface area contributed by atoms with Crippen LogP contribution < -0.4 is 21.2 Å². The standard InChI is InChI=1S/C33H44B2P2/c1-24-7-15-30(16-8-24)36(34,31-17-9-25(2)10-18-31)28(5)23-29(6)37(35,32-19-11-26(3)12-20-32)33-21-13-27(4)14-22-33/h7-22,28-29H,23H2,1-6,34-35H3/t28-,29-/m0/s1. The van der Waals surface area contributed by atoms with E-state index in [0.717, 1.165) is 11.3 Å². The Labute approximate surface area is 228 Å². The first-order valence-corrected chi connectivity index (χ1v) is 15.5. The van der Waals surface area contributed by atoms with Gasteiger partial charge in [0.2, 0.25) is 0 Å². The van der Waals surface area contributed by atoms with Gasteiger partial charge >= 0.3 is 0 Å². The Bertz CT molecular complexity index is 1120. The molecule has 4 heteroatoms. The van der Waals surface area contributed by atoms with Gasteiger partial charge in [0.15, 0.2) is 0 Å². The highest BCUT2D eigenvalue weighted by molar-refractivity contribution is 8.09. The number of benzene rings is 4. The zero-order valence-electron chi connectivity index (χ0n) is 22.0. The van der Waals surface area contributed by atoms with Gasteiger partial charge in [-0.1, -0.05) is 85.1 Å². The molecule has 0 radical (unpaired) electrons. The first-order chi connectivity index (χ1) is 17.5. The van der Waals surface area contributed by atoms with Gasteiger partial charge in [0.1, 0.15) is 15.1 Å². The zero-order chi connectivity index (χ0) is 26.8. The monoisotopic (exact) mass is 524 g/mol. The van der Waals surface area contributed by atoms with E-state index in [-0.39, 0.29) is 15.1 Å². The molecule has 0 saturated carbocycles. The fourth-order valence-electron chi connectivity index (χ4n) is 4.84. The van der Waals surface area contributed by atoms with Crippen molar-refractivity contribution in [2.45, 2.75) is 59.3 Å². The summed E-state index contributed by atoms with van der Waals surface area (Å²) in [5.41, 5.74) is 6.92. The quantitative estimate of drug-likeness (QED) is 0.217. The molecule has 4 rings (SSSR count). The molecule has 0 nitrogen and oxygen atoms in total. The van der Waals surface area contributed by atoms with Crippen LogP contribution in [0.25, 0.3) is 0 Å². The molecule has 0 N–H and O–H groups in total. The molecule has 0 aliphatic rings. The molecule has 0 heterocycles. The van der Waals surface area contributed by atoms with Crippen LogP contribution in [0.1, 0.15) is 42.5 Å². The molecule has 192 valence electrons. The Kier molecular flexibility index (Phi) is 8.53. The predicted molar refractivity (Wildman–Crippen MR) is 181 cm³/mol. The maximum atomic E-state index is 2.62. The second kappa shape index (κ2) is 11.3. The summed E-state index contributed by atoms with van der Waals surface area (Å²) in [5, 5.41) is 6.61. The normalized spacial score (nSPS) is 13.8. The molecule has 4 aromatic rings. The minimum Gasteiger partial charge on any atom is -0.0900 e. The molecule has 0 spiro atoms. The van der Waals surface area contributed by atoms with E-state index in [1.807, 2.05) is 0 Å². The van der Waals surface area contributed by atoms with Gasteiger partial charge < -0.3 is 0 Å². The van der Waals surface area contributed by atoms with Gasteiger partial charge in [-0.2, -0.15) is 0 Å². The highest BCUT2D eigenvalue weighted by atomic mass is 31.2. The first kappa shape index (κ1) is 27.9. The minimum atomic E-state index is -1.33. The Hall–Kier alpha value is -2.13. The predicted octanol–water partition coefficient (Wildman–Crippen LogP) is 5.29. The third-order valence-corrected chi connectivity index (χ3v) is 12.4. The number of rotatable bonds is 8. The first-order valence-electron chi connectivity index (χ1n) is 12.7. The van der Waals surface area contributed by atoms with Crippen molar-refractivity contribution >= 4 is 50.6 Å². The van der Waals surface area contributed by atoms with Crippen molar-refractivity contribution in [1.82, 2.24) is 0 Å². The molecular weight excluding hydrogens is 480 g/mol. The third kappa shape index (κ3) is 5.67. The molecule has 0 bridgehead atoms. The van der Waals surface area contributed by atoms with Gasteiger partial charge in [-0.05, 0) is 90.1 Å². The lowest BCUT2D eigenvalue weighted by Crippen LogP contribution is -2.36. The van der Waals surface area contributed by atoms with Gasteiger partial charge in [-0.25, -0.2) is 0 Å². The Morgan fingerprint density at radius 3 is 0.811 bits per heavy atom. The van der Waals surface area contributed by atoms with Crippen molar-refractivity contribution in [2.75, 3.05) is 0 Å². The Balaban J connectivity index is 1.78. The van der Waals surface area contributed by atoms with Crippen LogP contribution in [-0.4, -0.2) is 26.4 Å². The van der Waals surface area contributed by atoms with Crippen LogP contribution in [0.3, 0.4) is 0 Å². The van der Waals surface area contributed by atoms with Crippen molar-refractivity contribution in [3.63, 3.8) is 0 Å². The van der Waals surface area contributed by atoms with Crippen molar-refractivity contribution in [1.29, 1.82) is 0 Å². The van der Waals surface area contributed by atoms with E-state index >= 15 is 0 Å². The van der Waals surface area contributed by atoms with E-state index in [9.17, 15) is 0 Å². The van der Waals surface area contributed by atoms with Crippen LogP contribution in [0.4, 0.5) is 0 Å². The fourth-order valence-corrected chi connectivity index (χ4v) is 10.6. The van der Waals surface area contributed by atoms with Crippen LogP contribution in [0.15, 0.2) is 97.1 Å². The van der Waals surface area contributed by atoms with Crippen LogP contribution in [0.2, 0.25) is 0 Å². The molecule has 37 heavy (non-hydrogen) atoms. The van der Waals surface area contributed by atoms with Gasteiger partial charge in [0.05, 0.1) is 21.2 Å². The van der Waals surface area contributed by atoms with Crippen LogP contribution in [0, 0.1) is 27.7 Å². The summed E-state index contributed by atoms with van der Waals surface area (Å²) in [7, 11) is -2.51. The molecule has 0 aliphatic carbocycles. The van der Waals surface area contributed by atoms with Crippen LogP contribution in [-0.2, 0) is 0 Å². The lowest BCUT2D eigenvalue weighted by atomic mass is 10.2. The second-order valence-electron chi connectivity index (χ2n) is 10.0. The third-order valence-electron chi connectivity index (χ3n) is 6.81. The summed E-state index contributed by atoms with van der Waals surface area (Å²) in [4.78, 5) is 0. The lowest BCUT2D eigenvalue weighted by molar-refractivity contribution is 0.789. The van der Waals surface area contributed by atoms with Gasteiger partial charge in [0.25, 0.3) is 0 Å². The Morgan fingerprint density at radius 2 is 0.622 bits per heavy atom. The van der Waals surface area contributed by atoms with E-state index < -0.39 is 14.3 Å². The molecule has 0 aromatic heterocycles. The highest BCUT2D eigenvalue weighted by Gasteiger charge is 2.43. The maximum absolute atomic E-state index is 2.62. The molecule has 0 amide bonds. The van der Waals surface area contributed by atoms with Crippen molar-refractivity contribution < 1.29 is 0 Å². The summed E-state index contributed by atoms with van der Waals surface area (Å²) in [6.07, 6.45) is 1.33. The SMILES string of the molecule is [BH3-][P+](c1ccc(C)cc1)(c1ccc(C)cc1)[C@@H](C)C[C@H](C)[P+]([BH3-])(c1ccc(C)cc1)c1ccc(C)cc1. The Morgan fingerprint density at radius 1 is 0.432 bits per heavy atom. The molecular formula is C33H44B2P2. The average molecular weight is 524 g/mol. The largest absolute Gasteiger partial charge is 0.138 e. The number of hydrogen-bond acceptors (Lipinski definition) is 0. The molecule has 0 fully saturated rings. The van der Waals surface area contributed by atoms with E-state index in [4.69, 9.17) is 0 Å². The highest BCUT2D eigenvalue weighted by Crippen LogP contribution is 2.63. The van der Waals surface area contributed by atoms with Gasteiger partial charge in [-0.15, -0.1) is 0 Å². The summed E-state index contributed by atoms with van der Waals surface area (Å²) >= 11 is 0. The molecule has 0 saturated heterocycles. The minimum absolute atomic E-state index is 0.0772. The zero-order valence-corrected chi connectivity index (χ0v) is 23.8. The average Bonchev–Trinajstić information content (AvgIpc) is 2.89. The topological polar surface area (TPSA) is 0 Å². The summed E-state index contributed by atoms with van der Waals surface area (Å²) in [6, 6.07) is 38.6. The molecule has 0 unspecified atom stereocenters. The van der Waals surface area contributed by atoms with E-state index in [1.54, 1.807) is 21.2 Å². The summed E-state index contributed by atoms with van der Waals surface area (Å²) < 4.78 is 0. The van der Waals surface area contributed by atoms with E-state index in [2.05, 4.69) is 139 Å². The lowest BCUT2D eigenvalue weighted by Gasteiger charge is -2.41. The number of hydrogen-bond donors (Lipinski definition) is 0. The smallest absolute Gasteiger partial charge is 0.0900 e. The van der Waals surface area contributed by atoms with Crippen molar-refractivity contribution in [3.05, 3.63) is 119 Å². The fraction of sp³-hybridized carbons (Fsp3) is 0.273. The van der Waals surface area contributed by atoms with Crippen LogP contribution in [0.5, 0.6) is 0 Å². The van der Waals surface area contributed by atoms with Crippen molar-refractivity contribution in [3.8, 4) is 0 Å². The van der Waals surface area contributed by atoms with Crippen molar-refractivity contribution in [2.24, 2.45) is 0 Å². The summed E-state index contributed by atoms with van der Waals surface area (Å²) in [6.45, 7) is 14.1. The van der Waals surface area contributed by atoms with Crippen LogP contribution >= 0.6 is 14.3 Å². The summed E-state index contributed by atoms with van der Waals surface area (Å²) in [5.74, 6) is 0. The number of aryl methyl sites for hydroxylation is 4. The molecule has 0 aliphatic heterocycles. The second-order valence-corrected chi connectivity index (χ2v) is 15.3. The molecule has 4 aromatic carbocycles. The van der Waals surface area contributed by atoms with E-state index in [1.165, 1.54) is 28.7 Å². The maximum Gasteiger partial charge on any atom is 0.138 e. The molecule has 2 atom stereocenters. The van der Waals surface area contributed by atoms with Gasteiger partial charge in [0, 0.05) is 17.7 Å².